The van der Waals surface area contributed by atoms with Gasteiger partial charge in [0.05, 0.1) is 26.7 Å². The van der Waals surface area contributed by atoms with E-state index in [2.05, 4.69) is 5.32 Å². The molecule has 0 atom stereocenters. The number of esters is 1. The highest BCUT2D eigenvalue weighted by Gasteiger charge is 2.12. The second-order valence-corrected chi connectivity index (χ2v) is 6.11. The Kier molecular flexibility index (Phi) is 8.82. The van der Waals surface area contributed by atoms with E-state index in [0.717, 1.165) is 16.9 Å². The Labute approximate surface area is 170 Å². The zero-order valence-electron chi connectivity index (χ0n) is 17.0. The third kappa shape index (κ3) is 7.37. The van der Waals surface area contributed by atoms with Crippen LogP contribution in [-0.4, -0.2) is 38.8 Å². The summed E-state index contributed by atoms with van der Waals surface area (Å²) in [7, 11) is 1.59. The molecule has 0 aliphatic heterocycles. The molecule has 0 spiro atoms. The summed E-state index contributed by atoms with van der Waals surface area (Å²) in [5.74, 6) is 1.10. The minimum absolute atomic E-state index is 0.0399. The highest BCUT2D eigenvalue weighted by Crippen LogP contribution is 2.28. The fourth-order valence-corrected chi connectivity index (χ4v) is 2.56. The molecule has 1 amide bonds. The zero-order chi connectivity index (χ0) is 21.1. The normalized spacial score (nSPS) is 10.2. The van der Waals surface area contributed by atoms with Gasteiger partial charge in [-0.2, -0.15) is 0 Å². The quantitative estimate of drug-likeness (QED) is 0.583. The van der Waals surface area contributed by atoms with E-state index in [1.165, 1.54) is 0 Å². The van der Waals surface area contributed by atoms with Crippen molar-refractivity contribution in [1.82, 2.24) is 5.32 Å². The number of hydrogen-bond donors (Lipinski definition) is 1. The molecular weight excluding hydrogens is 374 g/mol. The number of methoxy groups -OCH3 is 1. The molecule has 0 aliphatic rings. The van der Waals surface area contributed by atoms with Gasteiger partial charge in [0.2, 0.25) is 0 Å². The van der Waals surface area contributed by atoms with Crippen molar-refractivity contribution in [1.29, 1.82) is 0 Å². The van der Waals surface area contributed by atoms with Crippen molar-refractivity contribution < 1.29 is 28.5 Å². The molecule has 0 saturated heterocycles. The molecule has 2 aromatic rings. The second-order valence-electron chi connectivity index (χ2n) is 6.11. The molecule has 29 heavy (non-hydrogen) atoms. The lowest BCUT2D eigenvalue weighted by atomic mass is 10.1. The molecule has 0 unspecified atom stereocenters. The molecule has 0 radical (unpaired) electrons. The van der Waals surface area contributed by atoms with Crippen LogP contribution in [0.25, 0.3) is 0 Å². The van der Waals surface area contributed by atoms with Gasteiger partial charge in [0.1, 0.15) is 5.75 Å². The first-order valence-corrected chi connectivity index (χ1v) is 9.49. The lowest BCUT2D eigenvalue weighted by Crippen LogP contribution is -2.28. The fourth-order valence-electron chi connectivity index (χ4n) is 2.56. The van der Waals surface area contributed by atoms with Crippen LogP contribution in [0.3, 0.4) is 0 Å². The molecule has 1 N–H and O–H groups in total. The number of rotatable bonds is 11. The maximum Gasteiger partial charge on any atom is 0.310 e. The highest BCUT2D eigenvalue weighted by atomic mass is 16.5. The van der Waals surface area contributed by atoms with Crippen molar-refractivity contribution >= 4 is 11.9 Å². The number of ether oxygens (including phenoxy) is 4. The van der Waals surface area contributed by atoms with Gasteiger partial charge in [-0.15, -0.1) is 0 Å². The van der Waals surface area contributed by atoms with Crippen LogP contribution in [0.5, 0.6) is 17.2 Å². The SMILES string of the molecule is CCOc1ccc(CC(=O)OCC(=O)NCc2ccc(OC)cc2)cc1OCC. The van der Waals surface area contributed by atoms with Crippen LogP contribution in [0.15, 0.2) is 42.5 Å². The molecule has 0 fully saturated rings. The predicted octanol–water partition coefficient (Wildman–Crippen LogP) is 2.89. The van der Waals surface area contributed by atoms with E-state index < -0.39 is 5.97 Å². The fraction of sp³-hybridized carbons (Fsp3) is 0.364. The average Bonchev–Trinajstić information content (AvgIpc) is 2.73. The van der Waals surface area contributed by atoms with Gasteiger partial charge in [0, 0.05) is 6.54 Å². The number of benzene rings is 2. The van der Waals surface area contributed by atoms with Crippen molar-refractivity contribution in [2.24, 2.45) is 0 Å². The van der Waals surface area contributed by atoms with Gasteiger partial charge in [-0.3, -0.25) is 9.59 Å². The summed E-state index contributed by atoms with van der Waals surface area (Å²) in [6, 6.07) is 12.6. The van der Waals surface area contributed by atoms with E-state index in [1.807, 2.05) is 38.1 Å². The Morgan fingerprint density at radius 3 is 2.21 bits per heavy atom. The minimum Gasteiger partial charge on any atom is -0.497 e. The monoisotopic (exact) mass is 401 g/mol. The van der Waals surface area contributed by atoms with E-state index in [9.17, 15) is 9.59 Å². The van der Waals surface area contributed by atoms with Gasteiger partial charge in [0.15, 0.2) is 18.1 Å². The Bertz CT molecular complexity index is 803. The van der Waals surface area contributed by atoms with Gasteiger partial charge in [0.25, 0.3) is 5.91 Å². The Morgan fingerprint density at radius 2 is 1.55 bits per heavy atom. The van der Waals surface area contributed by atoms with Gasteiger partial charge >= 0.3 is 5.97 Å². The smallest absolute Gasteiger partial charge is 0.310 e. The van der Waals surface area contributed by atoms with Gasteiger partial charge in [-0.1, -0.05) is 18.2 Å². The lowest BCUT2D eigenvalue weighted by Gasteiger charge is -2.12. The largest absolute Gasteiger partial charge is 0.497 e. The summed E-state index contributed by atoms with van der Waals surface area (Å²) in [6.45, 7) is 4.79. The summed E-state index contributed by atoms with van der Waals surface area (Å²) >= 11 is 0. The molecule has 0 saturated carbocycles. The molecule has 2 rings (SSSR count). The van der Waals surface area contributed by atoms with Crippen molar-refractivity contribution in [2.45, 2.75) is 26.8 Å². The molecule has 7 heteroatoms. The predicted molar refractivity (Wildman–Crippen MR) is 108 cm³/mol. The zero-order valence-corrected chi connectivity index (χ0v) is 17.0. The Morgan fingerprint density at radius 1 is 0.897 bits per heavy atom. The number of carbonyl (C=O) groups is 2. The molecule has 156 valence electrons. The van der Waals surface area contributed by atoms with Crippen molar-refractivity contribution in [3.05, 3.63) is 53.6 Å². The van der Waals surface area contributed by atoms with E-state index >= 15 is 0 Å². The van der Waals surface area contributed by atoms with E-state index in [1.54, 1.807) is 25.3 Å². The van der Waals surface area contributed by atoms with Crippen LogP contribution >= 0.6 is 0 Å². The van der Waals surface area contributed by atoms with Gasteiger partial charge in [-0.25, -0.2) is 0 Å². The van der Waals surface area contributed by atoms with E-state index in [4.69, 9.17) is 18.9 Å². The van der Waals surface area contributed by atoms with Gasteiger partial charge in [-0.05, 0) is 49.2 Å². The van der Waals surface area contributed by atoms with Crippen molar-refractivity contribution in [2.75, 3.05) is 26.9 Å². The summed E-state index contributed by atoms with van der Waals surface area (Å²) < 4.78 is 21.2. The summed E-state index contributed by atoms with van der Waals surface area (Å²) in [4.78, 5) is 24.0. The van der Waals surface area contributed by atoms with E-state index in [-0.39, 0.29) is 18.9 Å². The summed E-state index contributed by atoms with van der Waals surface area (Å²) in [5.41, 5.74) is 1.64. The van der Waals surface area contributed by atoms with Crippen LogP contribution < -0.4 is 19.5 Å². The molecule has 0 aliphatic carbocycles. The third-order valence-electron chi connectivity index (χ3n) is 3.97. The molecule has 0 bridgehead atoms. The first-order valence-electron chi connectivity index (χ1n) is 9.49. The van der Waals surface area contributed by atoms with Crippen LogP contribution in [0.2, 0.25) is 0 Å². The maximum absolute atomic E-state index is 12.1. The highest BCUT2D eigenvalue weighted by molar-refractivity contribution is 5.81. The van der Waals surface area contributed by atoms with E-state index in [0.29, 0.717) is 31.3 Å². The standard InChI is InChI=1S/C22H27NO6/c1-4-27-19-11-8-17(12-20(19)28-5-2)13-22(25)29-15-21(24)23-14-16-6-9-18(26-3)10-7-16/h6-12H,4-5,13-15H2,1-3H3,(H,23,24). The minimum atomic E-state index is -0.490. The Hall–Kier alpha value is -3.22. The number of amides is 1. The van der Waals surface area contributed by atoms with Crippen LogP contribution in [0.1, 0.15) is 25.0 Å². The number of nitrogens with one attached hydrogen (secondary N) is 1. The van der Waals surface area contributed by atoms with Crippen LogP contribution in [0, 0.1) is 0 Å². The molecular formula is C22H27NO6. The summed E-state index contributed by atoms with van der Waals surface area (Å²) in [6.07, 6.45) is 0.0399. The third-order valence-corrected chi connectivity index (χ3v) is 3.97. The molecule has 0 aromatic heterocycles. The first kappa shape index (κ1) is 22.1. The topological polar surface area (TPSA) is 83.1 Å². The maximum atomic E-state index is 12.1. The Balaban J connectivity index is 1.79. The number of carbonyl (C=O) groups excluding carboxylic acids is 2. The molecule has 2 aromatic carbocycles. The number of hydrogen-bond acceptors (Lipinski definition) is 6. The van der Waals surface area contributed by atoms with Crippen LogP contribution in [0.4, 0.5) is 0 Å². The average molecular weight is 401 g/mol. The molecule has 0 heterocycles. The molecule has 7 nitrogen and oxygen atoms in total. The van der Waals surface area contributed by atoms with Crippen molar-refractivity contribution in [3.8, 4) is 17.2 Å². The van der Waals surface area contributed by atoms with Gasteiger partial charge < -0.3 is 24.3 Å². The second kappa shape index (κ2) is 11.6. The lowest BCUT2D eigenvalue weighted by molar-refractivity contribution is -0.147. The van der Waals surface area contributed by atoms with Crippen LogP contribution in [-0.2, 0) is 27.3 Å². The first-order chi connectivity index (χ1) is 14.0. The summed E-state index contributed by atoms with van der Waals surface area (Å²) in [5, 5.41) is 2.71. The van der Waals surface area contributed by atoms with Crippen molar-refractivity contribution in [3.63, 3.8) is 0 Å².